The largest absolute Gasteiger partial charge is 0.331 e. The zero-order valence-electron chi connectivity index (χ0n) is 13.3. The molecule has 1 aromatic carbocycles. The second-order valence-electron chi connectivity index (χ2n) is 5.25. The highest BCUT2D eigenvalue weighted by atomic mass is 19.1. The summed E-state index contributed by atoms with van der Waals surface area (Å²) < 4.78 is 12.9. The van der Waals surface area contributed by atoms with Crippen LogP contribution >= 0.6 is 0 Å². The van der Waals surface area contributed by atoms with Crippen LogP contribution in [0.4, 0.5) is 9.18 Å². The van der Waals surface area contributed by atoms with Crippen LogP contribution in [-0.4, -0.2) is 35.0 Å². The number of nitrogens with zero attached hydrogens (tertiary/aromatic N) is 2. The van der Waals surface area contributed by atoms with E-state index in [1.54, 1.807) is 19.1 Å². The van der Waals surface area contributed by atoms with Crippen molar-refractivity contribution in [1.82, 2.24) is 10.2 Å². The molecule has 1 atom stereocenters. The molecule has 0 radical (unpaired) electrons. The van der Waals surface area contributed by atoms with Crippen molar-refractivity contribution in [2.45, 2.75) is 19.9 Å². The molecule has 1 fully saturated rings. The van der Waals surface area contributed by atoms with Crippen LogP contribution in [0.3, 0.4) is 0 Å². The molecule has 1 unspecified atom stereocenters. The number of carbonyl (C=O) groups is 3. The SMILES string of the molecule is C=CCN1C(=O)NC(=O)C(C(CC)=NCc2ccc(F)cc2)C1=O. The topological polar surface area (TPSA) is 78.8 Å². The van der Waals surface area contributed by atoms with Gasteiger partial charge in [0.1, 0.15) is 5.82 Å². The van der Waals surface area contributed by atoms with E-state index in [-0.39, 0.29) is 18.9 Å². The van der Waals surface area contributed by atoms with Gasteiger partial charge in [0.05, 0.1) is 6.54 Å². The van der Waals surface area contributed by atoms with E-state index in [0.29, 0.717) is 12.1 Å². The zero-order chi connectivity index (χ0) is 17.7. The lowest BCUT2D eigenvalue weighted by Gasteiger charge is -2.29. The summed E-state index contributed by atoms with van der Waals surface area (Å²) in [6.07, 6.45) is 1.78. The van der Waals surface area contributed by atoms with Crippen LogP contribution in [0.5, 0.6) is 0 Å². The molecule has 6 nitrogen and oxygen atoms in total. The Bertz CT molecular complexity index is 698. The van der Waals surface area contributed by atoms with E-state index in [4.69, 9.17) is 0 Å². The van der Waals surface area contributed by atoms with E-state index < -0.39 is 23.8 Å². The van der Waals surface area contributed by atoms with E-state index in [1.807, 2.05) is 0 Å². The number of benzene rings is 1. The fourth-order valence-corrected chi connectivity index (χ4v) is 2.40. The summed E-state index contributed by atoms with van der Waals surface area (Å²) in [4.78, 5) is 41.5. The minimum atomic E-state index is -1.13. The maximum Gasteiger partial charge on any atom is 0.331 e. The molecule has 1 heterocycles. The highest BCUT2D eigenvalue weighted by Gasteiger charge is 2.42. The maximum atomic E-state index is 12.9. The Morgan fingerprint density at radius 1 is 1.33 bits per heavy atom. The highest BCUT2D eigenvalue weighted by molar-refractivity contribution is 6.27. The summed E-state index contributed by atoms with van der Waals surface area (Å²) in [5, 5.41) is 2.16. The Morgan fingerprint density at radius 2 is 2.00 bits per heavy atom. The van der Waals surface area contributed by atoms with Gasteiger partial charge in [0.25, 0.3) is 0 Å². The number of amides is 4. The molecule has 7 heteroatoms. The number of halogens is 1. The number of hydrogen-bond donors (Lipinski definition) is 1. The van der Waals surface area contributed by atoms with Gasteiger partial charge in [-0.2, -0.15) is 0 Å². The van der Waals surface area contributed by atoms with Crippen molar-refractivity contribution in [1.29, 1.82) is 0 Å². The van der Waals surface area contributed by atoms with Crippen molar-refractivity contribution < 1.29 is 18.8 Å². The van der Waals surface area contributed by atoms with Crippen LogP contribution in [0.2, 0.25) is 0 Å². The van der Waals surface area contributed by atoms with Gasteiger partial charge < -0.3 is 0 Å². The first-order chi connectivity index (χ1) is 11.5. The summed E-state index contributed by atoms with van der Waals surface area (Å²) >= 11 is 0. The summed E-state index contributed by atoms with van der Waals surface area (Å²) in [7, 11) is 0. The fraction of sp³-hybridized carbons (Fsp3) is 0.294. The molecule has 1 aromatic rings. The van der Waals surface area contributed by atoms with E-state index in [0.717, 1.165) is 10.5 Å². The van der Waals surface area contributed by atoms with Crippen LogP contribution in [-0.2, 0) is 16.1 Å². The fourth-order valence-electron chi connectivity index (χ4n) is 2.40. The highest BCUT2D eigenvalue weighted by Crippen LogP contribution is 2.16. The Morgan fingerprint density at radius 3 is 2.58 bits per heavy atom. The molecule has 126 valence electrons. The second-order valence-corrected chi connectivity index (χ2v) is 5.25. The van der Waals surface area contributed by atoms with Gasteiger partial charge in [-0.15, -0.1) is 6.58 Å². The molecule has 1 saturated heterocycles. The van der Waals surface area contributed by atoms with E-state index in [1.165, 1.54) is 18.2 Å². The molecule has 24 heavy (non-hydrogen) atoms. The Hall–Kier alpha value is -2.83. The summed E-state index contributed by atoms with van der Waals surface area (Å²) in [6, 6.07) is 5.05. The van der Waals surface area contributed by atoms with Gasteiger partial charge in [0.15, 0.2) is 5.92 Å². The standard InChI is InChI=1S/C17H18FN3O3/c1-3-9-21-16(23)14(15(22)20-17(21)24)13(4-2)19-10-11-5-7-12(18)8-6-11/h3,5-8,14H,1,4,9-10H2,2H3,(H,20,22,24). The van der Waals surface area contributed by atoms with Gasteiger partial charge in [-0.25, -0.2) is 9.18 Å². The van der Waals surface area contributed by atoms with Crippen molar-refractivity contribution >= 4 is 23.6 Å². The van der Waals surface area contributed by atoms with Gasteiger partial charge in [-0.1, -0.05) is 25.1 Å². The van der Waals surface area contributed by atoms with Crippen LogP contribution in [0, 0.1) is 11.7 Å². The van der Waals surface area contributed by atoms with Crippen LogP contribution in [0.1, 0.15) is 18.9 Å². The molecular weight excluding hydrogens is 313 g/mol. The van der Waals surface area contributed by atoms with Crippen LogP contribution in [0.15, 0.2) is 41.9 Å². The normalized spacial score (nSPS) is 18.6. The number of aliphatic imine (C=N–C) groups is 1. The molecule has 0 aromatic heterocycles. The molecule has 1 N–H and O–H groups in total. The Labute approximate surface area is 139 Å². The number of hydrogen-bond acceptors (Lipinski definition) is 4. The number of imide groups is 2. The van der Waals surface area contributed by atoms with E-state index in [2.05, 4.69) is 16.9 Å². The molecule has 0 bridgehead atoms. The third kappa shape index (κ3) is 3.73. The zero-order valence-corrected chi connectivity index (χ0v) is 13.3. The molecule has 0 spiro atoms. The molecule has 1 aliphatic rings. The van der Waals surface area contributed by atoms with E-state index in [9.17, 15) is 18.8 Å². The van der Waals surface area contributed by atoms with Gasteiger partial charge >= 0.3 is 6.03 Å². The summed E-state index contributed by atoms with van der Waals surface area (Å²) in [6.45, 7) is 5.51. The molecule has 0 aliphatic carbocycles. The minimum Gasteiger partial charge on any atom is -0.288 e. The van der Waals surface area contributed by atoms with Crippen LogP contribution < -0.4 is 5.32 Å². The van der Waals surface area contributed by atoms with Gasteiger partial charge in [-0.3, -0.25) is 24.8 Å². The molecule has 1 aliphatic heterocycles. The number of carbonyl (C=O) groups excluding carboxylic acids is 3. The van der Waals surface area contributed by atoms with Gasteiger partial charge in [0.2, 0.25) is 11.8 Å². The average Bonchev–Trinajstić information content (AvgIpc) is 2.55. The Kier molecular flexibility index (Phi) is 5.57. The number of rotatable bonds is 6. The monoisotopic (exact) mass is 331 g/mol. The van der Waals surface area contributed by atoms with Crippen molar-refractivity contribution in [2.24, 2.45) is 10.9 Å². The number of barbiturate groups is 1. The Balaban J connectivity index is 2.23. The maximum absolute atomic E-state index is 12.9. The lowest BCUT2D eigenvalue weighted by molar-refractivity contribution is -0.139. The first kappa shape index (κ1) is 17.5. The third-order valence-corrected chi connectivity index (χ3v) is 3.64. The lowest BCUT2D eigenvalue weighted by atomic mass is 9.96. The van der Waals surface area contributed by atoms with Gasteiger partial charge in [-0.05, 0) is 24.1 Å². The smallest absolute Gasteiger partial charge is 0.288 e. The average molecular weight is 331 g/mol. The molecular formula is C17H18FN3O3. The molecule has 4 amide bonds. The lowest BCUT2D eigenvalue weighted by Crippen LogP contribution is -2.59. The minimum absolute atomic E-state index is 0.0173. The number of urea groups is 1. The van der Waals surface area contributed by atoms with Crippen molar-refractivity contribution in [2.75, 3.05) is 6.54 Å². The van der Waals surface area contributed by atoms with E-state index >= 15 is 0 Å². The third-order valence-electron chi connectivity index (χ3n) is 3.64. The predicted molar refractivity (Wildman–Crippen MR) is 86.8 cm³/mol. The first-order valence-corrected chi connectivity index (χ1v) is 7.52. The second kappa shape index (κ2) is 7.63. The number of nitrogens with one attached hydrogen (secondary N) is 1. The van der Waals surface area contributed by atoms with Crippen LogP contribution in [0.25, 0.3) is 0 Å². The molecule has 0 saturated carbocycles. The first-order valence-electron chi connectivity index (χ1n) is 7.52. The summed E-state index contributed by atoms with van der Waals surface area (Å²) in [5.41, 5.74) is 1.13. The van der Waals surface area contributed by atoms with Gasteiger partial charge in [0, 0.05) is 12.3 Å². The predicted octanol–water partition coefficient (Wildman–Crippen LogP) is 2.06. The quantitative estimate of drug-likeness (QED) is 0.492. The van der Waals surface area contributed by atoms with Crippen molar-refractivity contribution in [3.8, 4) is 0 Å². The molecule has 2 rings (SSSR count). The van der Waals surface area contributed by atoms with Crippen molar-refractivity contribution in [3.63, 3.8) is 0 Å². The van der Waals surface area contributed by atoms with Crippen molar-refractivity contribution in [3.05, 3.63) is 48.3 Å². The summed E-state index contributed by atoms with van der Waals surface area (Å²) in [5.74, 6) is -2.76.